The lowest BCUT2D eigenvalue weighted by atomic mass is 10.1. The summed E-state index contributed by atoms with van der Waals surface area (Å²) in [4.78, 5) is 15.8. The molecule has 19 heavy (non-hydrogen) atoms. The first kappa shape index (κ1) is 13.3. The maximum atomic E-state index is 11.9. The lowest BCUT2D eigenvalue weighted by molar-refractivity contribution is 0.0887. The summed E-state index contributed by atoms with van der Waals surface area (Å²) >= 11 is 0. The maximum absolute atomic E-state index is 11.9. The van der Waals surface area contributed by atoms with Crippen LogP contribution in [0.1, 0.15) is 21.8 Å². The average molecular weight is 260 g/mol. The van der Waals surface area contributed by atoms with Crippen LogP contribution in [0.4, 0.5) is 0 Å². The Hall–Kier alpha value is -2.14. The van der Waals surface area contributed by atoms with Crippen molar-refractivity contribution < 1.29 is 14.3 Å². The molecule has 1 aromatic carbocycles. The fourth-order valence-corrected chi connectivity index (χ4v) is 1.83. The van der Waals surface area contributed by atoms with Crippen molar-refractivity contribution in [2.24, 2.45) is 0 Å². The number of nitrogens with zero attached hydrogens (tertiary/aromatic N) is 1. The topological polar surface area (TPSA) is 75.4 Å². The fourth-order valence-electron chi connectivity index (χ4n) is 1.83. The van der Waals surface area contributed by atoms with E-state index in [1.807, 2.05) is 30.3 Å². The average Bonchev–Trinajstić information content (AvgIpc) is 2.85. The Morgan fingerprint density at radius 1 is 1.42 bits per heavy atom. The van der Waals surface area contributed by atoms with Gasteiger partial charge in [-0.2, -0.15) is 0 Å². The highest BCUT2D eigenvalue weighted by atomic mass is 16.3. The molecule has 2 aromatic rings. The van der Waals surface area contributed by atoms with Gasteiger partial charge >= 0.3 is 0 Å². The molecule has 0 spiro atoms. The van der Waals surface area contributed by atoms with Crippen molar-refractivity contribution in [2.75, 3.05) is 6.61 Å². The lowest BCUT2D eigenvalue weighted by Crippen LogP contribution is -2.39. The largest absolute Gasteiger partial charge is 0.438 e. The molecule has 1 amide bonds. The van der Waals surface area contributed by atoms with Crippen LogP contribution in [0.15, 0.2) is 41.1 Å². The zero-order valence-corrected chi connectivity index (χ0v) is 10.7. The predicted molar refractivity (Wildman–Crippen MR) is 69.7 cm³/mol. The van der Waals surface area contributed by atoms with Crippen LogP contribution in [0.3, 0.4) is 0 Å². The summed E-state index contributed by atoms with van der Waals surface area (Å²) in [7, 11) is 0. The zero-order valence-electron chi connectivity index (χ0n) is 10.7. The first-order chi connectivity index (χ1) is 9.20. The Kier molecular flexibility index (Phi) is 4.30. The molecule has 5 heteroatoms. The minimum absolute atomic E-state index is 0.131. The number of carbonyl (C=O) groups excluding carboxylic acids is 1. The van der Waals surface area contributed by atoms with E-state index in [2.05, 4.69) is 10.3 Å². The summed E-state index contributed by atoms with van der Waals surface area (Å²) in [5.74, 6) is -0.170. The zero-order chi connectivity index (χ0) is 13.7. The first-order valence-electron chi connectivity index (χ1n) is 6.06. The van der Waals surface area contributed by atoms with Crippen LogP contribution in [0.2, 0.25) is 0 Å². The third-order valence-corrected chi connectivity index (χ3v) is 2.83. The van der Waals surface area contributed by atoms with Crippen molar-refractivity contribution in [1.29, 1.82) is 0 Å². The van der Waals surface area contributed by atoms with Crippen LogP contribution < -0.4 is 5.32 Å². The summed E-state index contributed by atoms with van der Waals surface area (Å²) in [5.41, 5.74) is 1.59. The molecule has 0 aliphatic carbocycles. The van der Waals surface area contributed by atoms with Crippen LogP contribution in [0, 0.1) is 6.92 Å². The summed E-state index contributed by atoms with van der Waals surface area (Å²) in [6.45, 7) is 1.57. The van der Waals surface area contributed by atoms with Crippen LogP contribution in [0.5, 0.6) is 0 Å². The Morgan fingerprint density at radius 2 is 2.16 bits per heavy atom. The van der Waals surface area contributed by atoms with Crippen molar-refractivity contribution in [3.05, 3.63) is 53.7 Å². The molecule has 0 aliphatic rings. The monoisotopic (exact) mass is 260 g/mol. The highest BCUT2D eigenvalue weighted by Crippen LogP contribution is 2.07. The number of aliphatic hydroxyl groups is 1. The normalized spacial score (nSPS) is 12.1. The molecule has 0 fully saturated rings. The maximum Gasteiger partial charge on any atom is 0.289 e. The summed E-state index contributed by atoms with van der Waals surface area (Å²) in [6, 6.07) is 9.33. The van der Waals surface area contributed by atoms with Gasteiger partial charge in [0.25, 0.3) is 5.91 Å². The molecule has 1 aromatic heterocycles. The number of rotatable bonds is 5. The number of carbonyl (C=O) groups is 1. The number of aromatic nitrogens is 1. The number of amides is 1. The lowest BCUT2D eigenvalue weighted by Gasteiger charge is -2.15. The second-order valence-electron chi connectivity index (χ2n) is 4.31. The molecule has 0 aliphatic heterocycles. The van der Waals surface area contributed by atoms with E-state index < -0.39 is 0 Å². The Bertz CT molecular complexity index is 537. The third kappa shape index (κ3) is 3.42. The molecule has 1 unspecified atom stereocenters. The van der Waals surface area contributed by atoms with Crippen LogP contribution in [-0.4, -0.2) is 28.6 Å². The van der Waals surface area contributed by atoms with E-state index in [-0.39, 0.29) is 24.3 Å². The van der Waals surface area contributed by atoms with E-state index >= 15 is 0 Å². The van der Waals surface area contributed by atoms with Gasteiger partial charge in [0.05, 0.1) is 18.3 Å². The highest BCUT2D eigenvalue weighted by molar-refractivity contribution is 5.92. The predicted octanol–water partition coefficient (Wildman–Crippen LogP) is 1.32. The van der Waals surface area contributed by atoms with Gasteiger partial charge in [0.2, 0.25) is 5.76 Å². The molecule has 0 radical (unpaired) electrons. The van der Waals surface area contributed by atoms with Gasteiger partial charge in [-0.3, -0.25) is 4.79 Å². The molecule has 1 atom stereocenters. The molecule has 0 saturated carbocycles. The van der Waals surface area contributed by atoms with Gasteiger partial charge in [0.15, 0.2) is 6.39 Å². The Balaban J connectivity index is 2.00. The number of aryl methyl sites for hydroxylation is 1. The molecule has 2 N–H and O–H groups in total. The minimum atomic E-state index is -0.356. The molecular weight excluding hydrogens is 244 g/mol. The SMILES string of the molecule is Cc1ncoc1C(=O)NC(CO)Cc1ccccc1. The Morgan fingerprint density at radius 3 is 2.74 bits per heavy atom. The van der Waals surface area contributed by atoms with Crippen molar-refractivity contribution in [3.8, 4) is 0 Å². The first-order valence-corrected chi connectivity index (χ1v) is 6.06. The van der Waals surface area contributed by atoms with E-state index in [1.54, 1.807) is 6.92 Å². The van der Waals surface area contributed by atoms with E-state index in [4.69, 9.17) is 4.42 Å². The standard InChI is InChI=1S/C14H16N2O3/c1-10-13(19-9-15-10)14(18)16-12(8-17)7-11-5-3-2-4-6-11/h2-6,9,12,17H,7-8H2,1H3,(H,16,18). The molecule has 2 rings (SSSR count). The van der Waals surface area contributed by atoms with Gasteiger partial charge in [-0.1, -0.05) is 30.3 Å². The van der Waals surface area contributed by atoms with Crippen molar-refractivity contribution in [2.45, 2.75) is 19.4 Å². The van der Waals surface area contributed by atoms with Crippen molar-refractivity contribution in [3.63, 3.8) is 0 Å². The van der Waals surface area contributed by atoms with E-state index in [9.17, 15) is 9.90 Å². The molecule has 5 nitrogen and oxygen atoms in total. The second kappa shape index (κ2) is 6.15. The molecule has 0 saturated heterocycles. The number of hydrogen-bond acceptors (Lipinski definition) is 4. The number of benzene rings is 1. The smallest absolute Gasteiger partial charge is 0.289 e. The highest BCUT2D eigenvalue weighted by Gasteiger charge is 2.18. The van der Waals surface area contributed by atoms with Crippen molar-refractivity contribution >= 4 is 5.91 Å². The van der Waals surface area contributed by atoms with E-state index in [0.717, 1.165) is 5.56 Å². The van der Waals surface area contributed by atoms with E-state index in [1.165, 1.54) is 6.39 Å². The van der Waals surface area contributed by atoms with Gasteiger partial charge in [-0.25, -0.2) is 4.98 Å². The molecule has 0 bridgehead atoms. The molecule has 100 valence electrons. The van der Waals surface area contributed by atoms with Crippen LogP contribution in [0.25, 0.3) is 0 Å². The van der Waals surface area contributed by atoms with Crippen LogP contribution >= 0.6 is 0 Å². The molecular formula is C14H16N2O3. The van der Waals surface area contributed by atoms with Crippen molar-refractivity contribution in [1.82, 2.24) is 10.3 Å². The van der Waals surface area contributed by atoms with Gasteiger partial charge in [-0.05, 0) is 18.9 Å². The van der Waals surface area contributed by atoms with E-state index in [0.29, 0.717) is 12.1 Å². The molecule has 1 heterocycles. The minimum Gasteiger partial charge on any atom is -0.438 e. The summed E-state index contributed by atoms with van der Waals surface area (Å²) < 4.78 is 5.02. The summed E-state index contributed by atoms with van der Waals surface area (Å²) in [6.07, 6.45) is 1.80. The quantitative estimate of drug-likeness (QED) is 0.850. The number of oxazole rings is 1. The Labute approximate surface area is 111 Å². The van der Waals surface area contributed by atoms with Gasteiger partial charge in [0.1, 0.15) is 0 Å². The second-order valence-corrected chi connectivity index (χ2v) is 4.31. The van der Waals surface area contributed by atoms with Gasteiger partial charge in [-0.15, -0.1) is 0 Å². The van der Waals surface area contributed by atoms with Gasteiger partial charge < -0.3 is 14.8 Å². The third-order valence-electron chi connectivity index (χ3n) is 2.83. The number of aliphatic hydroxyl groups excluding tert-OH is 1. The number of hydrogen-bond donors (Lipinski definition) is 2. The van der Waals surface area contributed by atoms with Gasteiger partial charge in [0, 0.05) is 0 Å². The summed E-state index contributed by atoms with van der Waals surface area (Å²) in [5, 5.41) is 12.1. The van der Waals surface area contributed by atoms with Crippen LogP contribution in [-0.2, 0) is 6.42 Å². The fraction of sp³-hybridized carbons (Fsp3) is 0.286. The number of nitrogens with one attached hydrogen (secondary N) is 1.